The Bertz CT molecular complexity index is 1360. The minimum Gasteiger partial charge on any atom is -0.378 e. The Balaban J connectivity index is 1.50. The van der Waals surface area contributed by atoms with Gasteiger partial charge in [0.15, 0.2) is 0 Å². The van der Waals surface area contributed by atoms with Crippen molar-refractivity contribution >= 4 is 44.6 Å². The zero-order valence-corrected chi connectivity index (χ0v) is 20.6. The van der Waals surface area contributed by atoms with E-state index in [9.17, 15) is 8.42 Å². The molecule has 7 heteroatoms. The van der Waals surface area contributed by atoms with Crippen molar-refractivity contribution in [2.75, 3.05) is 10.0 Å². The Kier molecular flexibility index (Phi) is 5.68. The third kappa shape index (κ3) is 4.25. The van der Waals surface area contributed by atoms with Gasteiger partial charge in [-0.2, -0.15) is 0 Å². The molecule has 2 N–H and O–H groups in total. The highest BCUT2D eigenvalue weighted by Gasteiger charge is 2.39. The van der Waals surface area contributed by atoms with Crippen LogP contribution >= 0.6 is 23.2 Å². The Morgan fingerprint density at radius 3 is 2.42 bits per heavy atom. The van der Waals surface area contributed by atoms with E-state index in [0.29, 0.717) is 15.7 Å². The Morgan fingerprint density at radius 2 is 1.70 bits per heavy atom. The number of benzene rings is 3. The lowest BCUT2D eigenvalue weighted by Crippen LogP contribution is -2.29. The smallest absolute Gasteiger partial charge is 0.261 e. The van der Waals surface area contributed by atoms with Crippen molar-refractivity contribution in [1.29, 1.82) is 0 Å². The van der Waals surface area contributed by atoms with Crippen LogP contribution in [0, 0.1) is 19.8 Å². The molecular weight excluding hydrogens is 475 g/mol. The van der Waals surface area contributed by atoms with Gasteiger partial charge in [-0.05, 0) is 90.9 Å². The van der Waals surface area contributed by atoms with Gasteiger partial charge in [-0.1, -0.05) is 47.5 Å². The van der Waals surface area contributed by atoms with Crippen molar-refractivity contribution in [2.45, 2.75) is 37.1 Å². The molecule has 0 saturated heterocycles. The molecule has 3 atom stereocenters. The minimum atomic E-state index is -3.72. The average Bonchev–Trinajstić information content (AvgIpc) is 3.22. The molecule has 4 nitrogen and oxygen atoms in total. The van der Waals surface area contributed by atoms with Crippen LogP contribution in [0.25, 0.3) is 0 Å². The first-order valence-electron chi connectivity index (χ1n) is 10.8. The van der Waals surface area contributed by atoms with E-state index < -0.39 is 10.0 Å². The van der Waals surface area contributed by atoms with Gasteiger partial charge in [-0.3, -0.25) is 4.72 Å². The molecule has 3 unspecified atom stereocenters. The molecule has 170 valence electrons. The van der Waals surface area contributed by atoms with Crippen LogP contribution in [-0.4, -0.2) is 8.42 Å². The lowest BCUT2D eigenvalue weighted by Gasteiger charge is -2.38. The number of aryl methyl sites for hydroxylation is 2. The van der Waals surface area contributed by atoms with Gasteiger partial charge in [0.05, 0.1) is 10.9 Å². The molecule has 0 saturated carbocycles. The second-order valence-corrected chi connectivity index (χ2v) is 11.4. The molecule has 0 spiro atoms. The largest absolute Gasteiger partial charge is 0.378 e. The third-order valence-electron chi connectivity index (χ3n) is 6.42. The molecular formula is C26H24Cl2N2O2S. The molecule has 33 heavy (non-hydrogen) atoms. The molecule has 0 aromatic heterocycles. The molecule has 2 aliphatic rings. The first-order chi connectivity index (χ1) is 15.7. The van der Waals surface area contributed by atoms with Crippen molar-refractivity contribution in [3.63, 3.8) is 0 Å². The molecule has 0 radical (unpaired) electrons. The summed E-state index contributed by atoms with van der Waals surface area (Å²) < 4.78 is 29.1. The standard InChI is InChI=1S/C26H24Cl2N2O2S/c1-15-10-16(2)12-18(11-15)30-33(31,32)19-7-9-25-23(14-19)20-4-3-5-21(20)26(29-25)22-8-6-17(27)13-24(22)28/h3-4,6-14,20-21,26,29-30H,5H2,1-2H3. The van der Waals surface area contributed by atoms with Crippen molar-refractivity contribution in [1.82, 2.24) is 0 Å². The topological polar surface area (TPSA) is 58.2 Å². The molecule has 1 heterocycles. The first kappa shape index (κ1) is 22.3. The number of rotatable bonds is 4. The highest BCUT2D eigenvalue weighted by molar-refractivity contribution is 7.92. The van der Waals surface area contributed by atoms with Crippen molar-refractivity contribution < 1.29 is 8.42 Å². The van der Waals surface area contributed by atoms with Crippen LogP contribution < -0.4 is 10.0 Å². The van der Waals surface area contributed by atoms with Crippen LogP contribution in [0.15, 0.2) is 71.6 Å². The summed E-state index contributed by atoms with van der Waals surface area (Å²) in [5, 5.41) is 4.84. The van der Waals surface area contributed by atoms with E-state index in [1.807, 2.05) is 50.2 Å². The van der Waals surface area contributed by atoms with Crippen LogP contribution in [0.1, 0.15) is 40.6 Å². The maximum absolute atomic E-state index is 13.2. The Morgan fingerprint density at radius 1 is 0.939 bits per heavy atom. The Hall–Kier alpha value is -2.47. The second-order valence-electron chi connectivity index (χ2n) is 8.87. The number of nitrogens with one attached hydrogen (secondary N) is 2. The van der Waals surface area contributed by atoms with E-state index in [1.165, 1.54) is 0 Å². The average molecular weight is 499 g/mol. The number of sulfonamides is 1. The fraction of sp³-hybridized carbons (Fsp3) is 0.231. The normalized spacial score (nSPS) is 21.3. The summed E-state index contributed by atoms with van der Waals surface area (Å²) in [5.74, 6) is 0.343. The second kappa shape index (κ2) is 8.39. The minimum absolute atomic E-state index is 0.0121. The van der Waals surface area contributed by atoms with Gasteiger partial charge in [0.2, 0.25) is 0 Å². The quantitative estimate of drug-likeness (QED) is 0.372. The summed E-state index contributed by atoms with van der Waals surface area (Å²) in [6.45, 7) is 3.90. The highest BCUT2D eigenvalue weighted by Crippen LogP contribution is 2.51. The van der Waals surface area contributed by atoms with E-state index >= 15 is 0 Å². The van der Waals surface area contributed by atoms with Crippen LogP contribution in [-0.2, 0) is 10.0 Å². The van der Waals surface area contributed by atoms with E-state index in [4.69, 9.17) is 23.2 Å². The molecule has 3 aromatic carbocycles. The molecule has 0 amide bonds. The fourth-order valence-corrected chi connectivity index (χ4v) is 6.65. The summed E-state index contributed by atoms with van der Waals surface area (Å²) in [5.41, 5.74) is 5.49. The highest BCUT2D eigenvalue weighted by atomic mass is 35.5. The summed E-state index contributed by atoms with van der Waals surface area (Å²) in [6.07, 6.45) is 5.23. The van der Waals surface area contributed by atoms with Crippen LogP contribution in [0.4, 0.5) is 11.4 Å². The maximum atomic E-state index is 13.2. The van der Waals surface area contributed by atoms with E-state index in [1.54, 1.807) is 18.2 Å². The van der Waals surface area contributed by atoms with Gasteiger partial charge in [0.25, 0.3) is 10.0 Å². The fourth-order valence-electron chi connectivity index (χ4n) is 5.05. The number of hydrogen-bond acceptors (Lipinski definition) is 3. The first-order valence-corrected chi connectivity index (χ1v) is 13.1. The molecule has 0 bridgehead atoms. The Labute approximate surface area is 204 Å². The van der Waals surface area contributed by atoms with E-state index in [2.05, 4.69) is 22.2 Å². The van der Waals surface area contributed by atoms with Crippen LogP contribution in [0.5, 0.6) is 0 Å². The number of anilines is 2. The number of hydrogen-bond donors (Lipinski definition) is 2. The molecule has 1 aliphatic carbocycles. The number of halogens is 2. The molecule has 5 rings (SSSR count). The van der Waals surface area contributed by atoms with Gasteiger partial charge in [0, 0.05) is 27.3 Å². The number of fused-ring (bicyclic) bond motifs is 3. The summed E-state index contributed by atoms with van der Waals surface area (Å²) in [6, 6.07) is 16.6. The SMILES string of the molecule is Cc1cc(C)cc(NS(=O)(=O)c2ccc3c(c2)C2C=CCC2C(c2ccc(Cl)cc2Cl)N3)c1. The van der Waals surface area contributed by atoms with Crippen LogP contribution in [0.3, 0.4) is 0 Å². The zero-order chi connectivity index (χ0) is 23.3. The van der Waals surface area contributed by atoms with Crippen molar-refractivity contribution in [3.05, 3.63) is 99.0 Å². The van der Waals surface area contributed by atoms with Crippen LogP contribution in [0.2, 0.25) is 10.0 Å². The van der Waals surface area contributed by atoms with E-state index in [0.717, 1.165) is 34.4 Å². The monoisotopic (exact) mass is 498 g/mol. The molecule has 3 aromatic rings. The van der Waals surface area contributed by atoms with Gasteiger partial charge in [-0.25, -0.2) is 8.42 Å². The lowest BCUT2D eigenvalue weighted by molar-refractivity contribution is 0.425. The van der Waals surface area contributed by atoms with Gasteiger partial charge in [0.1, 0.15) is 0 Å². The summed E-state index contributed by atoms with van der Waals surface area (Å²) in [7, 11) is -3.72. The maximum Gasteiger partial charge on any atom is 0.261 e. The predicted molar refractivity (Wildman–Crippen MR) is 136 cm³/mol. The summed E-state index contributed by atoms with van der Waals surface area (Å²) in [4.78, 5) is 0.254. The van der Waals surface area contributed by atoms with E-state index in [-0.39, 0.29) is 22.8 Å². The van der Waals surface area contributed by atoms with Gasteiger partial charge < -0.3 is 5.32 Å². The summed E-state index contributed by atoms with van der Waals surface area (Å²) >= 11 is 12.6. The predicted octanol–water partition coefficient (Wildman–Crippen LogP) is 7.24. The third-order valence-corrected chi connectivity index (χ3v) is 8.36. The molecule has 1 aliphatic heterocycles. The lowest BCUT2D eigenvalue weighted by atomic mass is 9.77. The van der Waals surface area contributed by atoms with Gasteiger partial charge in [-0.15, -0.1) is 0 Å². The van der Waals surface area contributed by atoms with Gasteiger partial charge >= 0.3 is 0 Å². The number of allylic oxidation sites excluding steroid dienone is 2. The van der Waals surface area contributed by atoms with Crippen molar-refractivity contribution in [3.8, 4) is 0 Å². The zero-order valence-electron chi connectivity index (χ0n) is 18.3. The van der Waals surface area contributed by atoms with Crippen molar-refractivity contribution in [2.24, 2.45) is 5.92 Å². The molecule has 0 fully saturated rings.